The fourth-order valence-corrected chi connectivity index (χ4v) is 3.66. The quantitative estimate of drug-likeness (QED) is 0.331. The Hall–Kier alpha value is -1.77. The fraction of sp³-hybridized carbons (Fsp3) is 0.231. The van der Waals surface area contributed by atoms with Crippen molar-refractivity contribution in [3.05, 3.63) is 34.7 Å². The minimum Gasteiger partial charge on any atom is -0.308 e. The number of nitrogen functional groups attached to an aromatic ring is 1. The number of thioether (sulfide) groups is 1. The summed E-state index contributed by atoms with van der Waals surface area (Å²) in [4.78, 5) is 19.6. The van der Waals surface area contributed by atoms with Crippen molar-refractivity contribution < 1.29 is 0 Å². The number of fused-ring (bicyclic) bond motifs is 1. The lowest BCUT2D eigenvalue weighted by Crippen LogP contribution is -2.10. The minimum absolute atomic E-state index is 0.602. The second-order valence-corrected chi connectivity index (χ2v) is 6.56. The maximum atomic E-state index is 5.60. The van der Waals surface area contributed by atoms with Gasteiger partial charge < -0.3 is 5.43 Å². The number of nitrogens with one attached hydrogen (secondary N) is 1. The molecule has 0 unspecified atom stereocenters. The third kappa shape index (κ3) is 2.82. The largest absolute Gasteiger partial charge is 0.308 e. The molecule has 0 saturated heterocycles. The van der Waals surface area contributed by atoms with E-state index in [4.69, 9.17) is 5.84 Å². The van der Waals surface area contributed by atoms with Crippen molar-refractivity contribution in [2.24, 2.45) is 5.84 Å². The molecule has 0 aromatic carbocycles. The Morgan fingerprint density at radius 2 is 2.00 bits per heavy atom. The van der Waals surface area contributed by atoms with Gasteiger partial charge in [-0.05, 0) is 25.5 Å². The molecule has 108 valence electrons. The molecule has 0 saturated carbocycles. The second-order valence-electron chi connectivity index (χ2n) is 4.42. The highest BCUT2D eigenvalue weighted by Crippen LogP contribution is 2.33. The Balaban J connectivity index is 1.93. The summed E-state index contributed by atoms with van der Waals surface area (Å²) < 4.78 is 0. The summed E-state index contributed by atoms with van der Waals surface area (Å²) in [5, 5.41) is 1.71. The van der Waals surface area contributed by atoms with Gasteiger partial charge in [-0.2, -0.15) is 0 Å². The van der Waals surface area contributed by atoms with Crippen molar-refractivity contribution in [2.75, 3.05) is 5.43 Å². The summed E-state index contributed by atoms with van der Waals surface area (Å²) in [6.45, 7) is 4.14. The molecule has 0 atom stereocenters. The topological polar surface area (TPSA) is 89.6 Å². The van der Waals surface area contributed by atoms with Gasteiger partial charge in [0.15, 0.2) is 11.0 Å². The van der Waals surface area contributed by atoms with Crippen LogP contribution in [0.25, 0.3) is 10.2 Å². The van der Waals surface area contributed by atoms with Gasteiger partial charge in [0.1, 0.15) is 10.7 Å². The summed E-state index contributed by atoms with van der Waals surface area (Å²) in [5.74, 6) is 7.59. The predicted octanol–water partition coefficient (Wildman–Crippen LogP) is 2.68. The number of anilines is 1. The van der Waals surface area contributed by atoms with Crippen molar-refractivity contribution in [2.45, 2.75) is 24.8 Å². The molecule has 0 amide bonds. The first kappa shape index (κ1) is 14.2. The molecule has 3 aromatic heterocycles. The number of aromatic nitrogens is 4. The Morgan fingerprint density at radius 1 is 1.24 bits per heavy atom. The van der Waals surface area contributed by atoms with E-state index in [1.54, 1.807) is 29.8 Å². The Morgan fingerprint density at radius 3 is 2.71 bits per heavy atom. The van der Waals surface area contributed by atoms with E-state index in [9.17, 15) is 0 Å². The van der Waals surface area contributed by atoms with Gasteiger partial charge in [0.05, 0.1) is 11.1 Å². The van der Waals surface area contributed by atoms with Gasteiger partial charge in [-0.1, -0.05) is 11.8 Å². The lowest BCUT2D eigenvalue weighted by atomic mass is 10.2. The van der Waals surface area contributed by atoms with Gasteiger partial charge in [0.25, 0.3) is 0 Å². The van der Waals surface area contributed by atoms with E-state index in [1.807, 2.05) is 0 Å². The Labute approximate surface area is 130 Å². The van der Waals surface area contributed by atoms with Gasteiger partial charge in [0, 0.05) is 17.3 Å². The van der Waals surface area contributed by atoms with Crippen LogP contribution in [-0.2, 0) is 5.75 Å². The number of thiophene rings is 1. The molecular formula is C13H14N6S2. The number of hydrogen-bond donors (Lipinski definition) is 2. The first-order valence-electron chi connectivity index (χ1n) is 6.32. The molecular weight excluding hydrogens is 304 g/mol. The third-order valence-electron chi connectivity index (χ3n) is 3.08. The van der Waals surface area contributed by atoms with Gasteiger partial charge in [-0.15, -0.1) is 11.3 Å². The van der Waals surface area contributed by atoms with E-state index in [2.05, 4.69) is 39.2 Å². The smallest absolute Gasteiger partial charge is 0.187 e. The van der Waals surface area contributed by atoms with Crippen LogP contribution in [0.4, 0.5) is 5.82 Å². The highest BCUT2D eigenvalue weighted by Gasteiger charge is 2.14. The SMILES string of the molecule is Cc1sc2nc(CSc3ncccn3)nc(NN)c2c1C. The van der Waals surface area contributed by atoms with Crippen LogP contribution in [0.2, 0.25) is 0 Å². The molecule has 3 N–H and O–H groups in total. The third-order valence-corrected chi connectivity index (χ3v) is 5.06. The normalized spacial score (nSPS) is 11.0. The molecule has 0 aliphatic carbocycles. The number of hydrogen-bond acceptors (Lipinski definition) is 8. The highest BCUT2D eigenvalue weighted by atomic mass is 32.2. The van der Waals surface area contributed by atoms with Crippen LogP contribution in [0, 0.1) is 13.8 Å². The molecule has 8 heteroatoms. The highest BCUT2D eigenvalue weighted by molar-refractivity contribution is 7.98. The number of hydrazine groups is 1. The molecule has 0 aliphatic rings. The van der Waals surface area contributed by atoms with Crippen LogP contribution in [0.15, 0.2) is 23.6 Å². The Kier molecular flexibility index (Phi) is 4.00. The minimum atomic E-state index is 0.602. The number of aryl methyl sites for hydroxylation is 2. The average Bonchev–Trinajstić information content (AvgIpc) is 2.80. The summed E-state index contributed by atoms with van der Waals surface area (Å²) in [7, 11) is 0. The zero-order chi connectivity index (χ0) is 14.8. The predicted molar refractivity (Wildman–Crippen MR) is 86.3 cm³/mol. The summed E-state index contributed by atoms with van der Waals surface area (Å²) in [6, 6.07) is 1.79. The maximum absolute atomic E-state index is 5.60. The van der Waals surface area contributed by atoms with Crippen LogP contribution in [0.5, 0.6) is 0 Å². The van der Waals surface area contributed by atoms with Crippen molar-refractivity contribution in [3.8, 4) is 0 Å². The average molecular weight is 318 g/mol. The maximum Gasteiger partial charge on any atom is 0.187 e. The van der Waals surface area contributed by atoms with Crippen molar-refractivity contribution in [1.82, 2.24) is 19.9 Å². The molecule has 3 heterocycles. The van der Waals surface area contributed by atoms with Crippen LogP contribution < -0.4 is 11.3 Å². The van der Waals surface area contributed by atoms with Gasteiger partial charge >= 0.3 is 0 Å². The van der Waals surface area contributed by atoms with Crippen LogP contribution in [0.1, 0.15) is 16.3 Å². The van der Waals surface area contributed by atoms with E-state index in [1.165, 1.54) is 22.2 Å². The number of nitrogens with zero attached hydrogens (tertiary/aromatic N) is 4. The van der Waals surface area contributed by atoms with Crippen LogP contribution in [-0.4, -0.2) is 19.9 Å². The van der Waals surface area contributed by atoms with Gasteiger partial charge in [-0.25, -0.2) is 25.8 Å². The van der Waals surface area contributed by atoms with Crippen molar-refractivity contribution in [1.29, 1.82) is 0 Å². The lowest BCUT2D eigenvalue weighted by Gasteiger charge is -2.05. The fourth-order valence-electron chi connectivity index (χ4n) is 1.95. The van der Waals surface area contributed by atoms with Gasteiger partial charge in [-0.3, -0.25) is 0 Å². The zero-order valence-corrected chi connectivity index (χ0v) is 13.3. The van der Waals surface area contributed by atoms with Crippen molar-refractivity contribution >= 4 is 39.1 Å². The van der Waals surface area contributed by atoms with E-state index in [-0.39, 0.29) is 0 Å². The van der Waals surface area contributed by atoms with Crippen LogP contribution >= 0.6 is 23.1 Å². The summed E-state index contributed by atoms with van der Waals surface area (Å²) in [5.41, 5.74) is 3.85. The lowest BCUT2D eigenvalue weighted by molar-refractivity contribution is 0.960. The molecule has 0 radical (unpaired) electrons. The number of nitrogens with two attached hydrogens (primary N) is 1. The first-order chi connectivity index (χ1) is 10.2. The van der Waals surface area contributed by atoms with E-state index >= 15 is 0 Å². The molecule has 3 rings (SSSR count). The summed E-state index contributed by atoms with van der Waals surface area (Å²) >= 11 is 3.16. The zero-order valence-electron chi connectivity index (χ0n) is 11.6. The van der Waals surface area contributed by atoms with Crippen molar-refractivity contribution in [3.63, 3.8) is 0 Å². The summed E-state index contributed by atoms with van der Waals surface area (Å²) in [6.07, 6.45) is 3.44. The van der Waals surface area contributed by atoms with E-state index in [0.29, 0.717) is 22.6 Å². The standard InChI is InChI=1S/C13H14N6S2/c1-7-8(2)21-12-10(7)11(19-14)17-9(18-12)6-20-13-15-4-3-5-16-13/h3-5H,6,14H2,1-2H3,(H,17,18,19). The molecule has 6 nitrogen and oxygen atoms in total. The second kappa shape index (κ2) is 5.92. The molecule has 0 aliphatic heterocycles. The van der Waals surface area contributed by atoms with E-state index < -0.39 is 0 Å². The van der Waals surface area contributed by atoms with Crippen LogP contribution in [0.3, 0.4) is 0 Å². The first-order valence-corrected chi connectivity index (χ1v) is 8.12. The number of rotatable bonds is 4. The Bertz CT molecular complexity index is 771. The molecule has 0 spiro atoms. The molecule has 0 fully saturated rings. The monoisotopic (exact) mass is 318 g/mol. The molecule has 21 heavy (non-hydrogen) atoms. The van der Waals surface area contributed by atoms with Gasteiger partial charge in [0.2, 0.25) is 0 Å². The molecule has 3 aromatic rings. The van der Waals surface area contributed by atoms with E-state index in [0.717, 1.165) is 10.2 Å². The molecule has 0 bridgehead atoms.